The van der Waals surface area contributed by atoms with Crippen LogP contribution in [-0.4, -0.2) is 22.6 Å². The van der Waals surface area contributed by atoms with Gasteiger partial charge in [0, 0.05) is 6.92 Å². The molecular weight excluding hydrogens is 194 g/mol. The average Bonchev–Trinajstić information content (AvgIpc) is 2.79. The number of imide groups is 3. The second kappa shape index (κ2) is 2.56. The van der Waals surface area contributed by atoms with Gasteiger partial charge in [0.2, 0.25) is 17.7 Å². The molecule has 1 heterocycles. The molecule has 0 aromatic carbocycles. The molecule has 78 valence electrons. The van der Waals surface area contributed by atoms with Gasteiger partial charge in [0.05, 0.1) is 11.8 Å². The Morgan fingerprint density at radius 2 is 1.67 bits per heavy atom. The van der Waals surface area contributed by atoms with Crippen LogP contribution in [0.2, 0.25) is 0 Å². The van der Waals surface area contributed by atoms with Crippen LogP contribution in [0, 0.1) is 23.7 Å². The number of amides is 3. The molecule has 1 aliphatic heterocycles. The standard InChI is InChI=1S/C11H11NO3/c1-5(13)12-10(14)8-6-2-3-7(4-6)9(8)11(12)15/h2-3,6-9H,4H2,1H3. The van der Waals surface area contributed by atoms with E-state index in [1.807, 2.05) is 12.2 Å². The number of nitrogens with zero attached hydrogens (tertiary/aromatic N) is 1. The first-order valence-electron chi connectivity index (χ1n) is 5.18. The molecule has 4 unspecified atom stereocenters. The quantitative estimate of drug-likeness (QED) is 0.423. The molecule has 15 heavy (non-hydrogen) atoms. The summed E-state index contributed by atoms with van der Waals surface area (Å²) in [6, 6.07) is 0. The fourth-order valence-electron chi connectivity index (χ4n) is 3.21. The number of rotatable bonds is 0. The molecule has 2 bridgehead atoms. The van der Waals surface area contributed by atoms with Crippen LogP contribution in [0.3, 0.4) is 0 Å². The monoisotopic (exact) mass is 205 g/mol. The molecule has 0 N–H and O–H groups in total. The highest BCUT2D eigenvalue weighted by Crippen LogP contribution is 2.52. The number of allylic oxidation sites excluding steroid dienone is 2. The van der Waals surface area contributed by atoms with Gasteiger partial charge in [0.25, 0.3) is 0 Å². The van der Waals surface area contributed by atoms with Crippen LogP contribution in [0.5, 0.6) is 0 Å². The van der Waals surface area contributed by atoms with E-state index >= 15 is 0 Å². The SMILES string of the molecule is CC(=O)N1C(=O)C2C3C=CC(C3)C2C1=O. The van der Waals surface area contributed by atoms with Crippen molar-refractivity contribution in [3.63, 3.8) is 0 Å². The summed E-state index contributed by atoms with van der Waals surface area (Å²) >= 11 is 0. The highest BCUT2D eigenvalue weighted by Gasteiger charge is 2.60. The van der Waals surface area contributed by atoms with Gasteiger partial charge in [0.1, 0.15) is 0 Å². The minimum Gasteiger partial charge on any atom is -0.274 e. The Labute approximate surface area is 86.9 Å². The van der Waals surface area contributed by atoms with E-state index < -0.39 is 5.91 Å². The first-order valence-corrected chi connectivity index (χ1v) is 5.18. The molecule has 4 heteroatoms. The molecule has 3 amide bonds. The third kappa shape index (κ3) is 0.893. The van der Waals surface area contributed by atoms with Gasteiger partial charge in [-0.1, -0.05) is 12.2 Å². The molecular formula is C11H11NO3. The van der Waals surface area contributed by atoms with E-state index in [4.69, 9.17) is 0 Å². The Bertz CT molecular complexity index is 382. The summed E-state index contributed by atoms with van der Waals surface area (Å²) in [5.41, 5.74) is 0. The normalized spacial score (nSPS) is 41.5. The largest absolute Gasteiger partial charge is 0.274 e. The van der Waals surface area contributed by atoms with Crippen LogP contribution in [-0.2, 0) is 14.4 Å². The fraction of sp³-hybridized carbons (Fsp3) is 0.545. The summed E-state index contributed by atoms with van der Waals surface area (Å²) < 4.78 is 0. The van der Waals surface area contributed by atoms with Gasteiger partial charge in [0.15, 0.2) is 0 Å². The number of likely N-dealkylation sites (tertiary alicyclic amines) is 1. The minimum atomic E-state index is -0.446. The summed E-state index contributed by atoms with van der Waals surface area (Å²) in [5, 5.41) is 0. The number of carbonyl (C=O) groups excluding carboxylic acids is 3. The molecule has 2 aliphatic carbocycles. The lowest BCUT2D eigenvalue weighted by Gasteiger charge is -2.14. The van der Waals surface area contributed by atoms with Gasteiger partial charge in [-0.15, -0.1) is 0 Å². The smallest absolute Gasteiger partial charge is 0.240 e. The van der Waals surface area contributed by atoms with Crippen molar-refractivity contribution in [2.45, 2.75) is 13.3 Å². The van der Waals surface area contributed by atoms with Gasteiger partial charge >= 0.3 is 0 Å². The Morgan fingerprint density at radius 1 is 1.20 bits per heavy atom. The van der Waals surface area contributed by atoms with Crippen molar-refractivity contribution in [2.75, 3.05) is 0 Å². The fourth-order valence-corrected chi connectivity index (χ4v) is 3.21. The number of hydrogen-bond acceptors (Lipinski definition) is 3. The van der Waals surface area contributed by atoms with E-state index in [0.29, 0.717) is 0 Å². The Kier molecular flexibility index (Phi) is 1.51. The lowest BCUT2D eigenvalue weighted by molar-refractivity contribution is -0.149. The van der Waals surface area contributed by atoms with Crippen LogP contribution in [0.25, 0.3) is 0 Å². The number of fused-ring (bicyclic) bond motifs is 5. The van der Waals surface area contributed by atoms with Crippen LogP contribution >= 0.6 is 0 Å². The van der Waals surface area contributed by atoms with Crippen LogP contribution in [0.1, 0.15) is 13.3 Å². The summed E-state index contributed by atoms with van der Waals surface area (Å²) in [5.74, 6) is -1.16. The maximum Gasteiger partial charge on any atom is 0.240 e. The van der Waals surface area contributed by atoms with Gasteiger partial charge in [-0.3, -0.25) is 14.4 Å². The van der Waals surface area contributed by atoms with Crippen LogP contribution in [0.15, 0.2) is 12.2 Å². The van der Waals surface area contributed by atoms with Crippen molar-refractivity contribution in [1.29, 1.82) is 0 Å². The lowest BCUT2D eigenvalue weighted by atomic mass is 9.85. The van der Waals surface area contributed by atoms with E-state index in [1.165, 1.54) is 6.92 Å². The van der Waals surface area contributed by atoms with Crippen LogP contribution < -0.4 is 0 Å². The molecule has 3 rings (SSSR count). The molecule has 2 fully saturated rings. The van der Waals surface area contributed by atoms with Crippen molar-refractivity contribution >= 4 is 17.7 Å². The Hall–Kier alpha value is -1.45. The van der Waals surface area contributed by atoms with E-state index in [1.54, 1.807) is 0 Å². The zero-order chi connectivity index (χ0) is 10.7. The van der Waals surface area contributed by atoms with Gasteiger partial charge < -0.3 is 0 Å². The third-order valence-electron chi connectivity index (χ3n) is 3.79. The lowest BCUT2D eigenvalue weighted by Crippen LogP contribution is -2.36. The zero-order valence-electron chi connectivity index (χ0n) is 8.34. The van der Waals surface area contributed by atoms with Crippen LogP contribution in [0.4, 0.5) is 0 Å². The van der Waals surface area contributed by atoms with E-state index in [0.717, 1.165) is 11.3 Å². The highest BCUT2D eigenvalue weighted by atomic mass is 16.2. The molecule has 0 spiro atoms. The topological polar surface area (TPSA) is 54.5 Å². The van der Waals surface area contributed by atoms with Gasteiger partial charge in [-0.2, -0.15) is 0 Å². The van der Waals surface area contributed by atoms with E-state index in [-0.39, 0.29) is 35.5 Å². The molecule has 0 radical (unpaired) electrons. The molecule has 4 nitrogen and oxygen atoms in total. The highest BCUT2D eigenvalue weighted by molar-refractivity contribution is 6.17. The van der Waals surface area contributed by atoms with E-state index in [2.05, 4.69) is 0 Å². The Balaban J connectivity index is 2.03. The van der Waals surface area contributed by atoms with Gasteiger partial charge in [-0.05, 0) is 18.3 Å². The molecule has 0 aromatic heterocycles. The summed E-state index contributed by atoms with van der Waals surface area (Å²) in [6.07, 6.45) is 4.93. The van der Waals surface area contributed by atoms with Crippen molar-refractivity contribution < 1.29 is 14.4 Å². The second-order valence-corrected chi connectivity index (χ2v) is 4.53. The summed E-state index contributed by atoms with van der Waals surface area (Å²) in [7, 11) is 0. The van der Waals surface area contributed by atoms with Crippen molar-refractivity contribution in [3.8, 4) is 0 Å². The number of hydrogen-bond donors (Lipinski definition) is 0. The third-order valence-corrected chi connectivity index (χ3v) is 3.79. The summed E-state index contributed by atoms with van der Waals surface area (Å²) in [6.45, 7) is 1.27. The second-order valence-electron chi connectivity index (χ2n) is 4.53. The molecule has 1 saturated carbocycles. The maximum absolute atomic E-state index is 11.9. The molecule has 1 saturated heterocycles. The van der Waals surface area contributed by atoms with Crippen molar-refractivity contribution in [2.24, 2.45) is 23.7 Å². The minimum absolute atomic E-state index is 0.181. The zero-order valence-corrected chi connectivity index (χ0v) is 8.34. The predicted octanol–water partition coefficient (Wildman–Crippen LogP) is 0.340. The van der Waals surface area contributed by atoms with Crippen molar-refractivity contribution in [1.82, 2.24) is 4.90 Å². The summed E-state index contributed by atoms with van der Waals surface area (Å²) in [4.78, 5) is 35.8. The molecule has 0 aromatic rings. The molecule has 3 aliphatic rings. The molecule has 4 atom stereocenters. The Morgan fingerprint density at radius 3 is 2.07 bits per heavy atom. The first-order chi connectivity index (χ1) is 7.11. The average molecular weight is 205 g/mol. The number of carbonyl (C=O) groups is 3. The first kappa shape index (κ1) is 8.83. The van der Waals surface area contributed by atoms with Gasteiger partial charge in [-0.25, -0.2) is 4.90 Å². The maximum atomic E-state index is 11.9. The van der Waals surface area contributed by atoms with Crippen molar-refractivity contribution in [3.05, 3.63) is 12.2 Å². The van der Waals surface area contributed by atoms with E-state index in [9.17, 15) is 14.4 Å². The predicted molar refractivity (Wildman–Crippen MR) is 50.3 cm³/mol.